The van der Waals surface area contributed by atoms with Crippen LogP contribution in [0.2, 0.25) is 0 Å². The van der Waals surface area contributed by atoms with Crippen molar-refractivity contribution in [1.82, 2.24) is 15.7 Å². The molecule has 0 spiro atoms. The summed E-state index contributed by atoms with van der Waals surface area (Å²) < 4.78 is 0. The van der Waals surface area contributed by atoms with Crippen LogP contribution in [-0.2, 0) is 14.4 Å². The van der Waals surface area contributed by atoms with Gasteiger partial charge in [0.1, 0.15) is 12.1 Å². The van der Waals surface area contributed by atoms with Crippen LogP contribution in [0.1, 0.15) is 59.8 Å². The molecule has 1 fully saturated rings. The Morgan fingerprint density at radius 2 is 1.92 bits per heavy atom. The number of amides is 3. The lowest BCUT2D eigenvalue weighted by Gasteiger charge is -2.30. The lowest BCUT2D eigenvalue weighted by Crippen LogP contribution is -2.52. The molecule has 0 aromatic carbocycles. The second-order valence-electron chi connectivity index (χ2n) is 8.14. The number of aliphatic hydroxyl groups is 1. The molecule has 1 rings (SSSR count). The Bertz CT molecular complexity index is 504. The zero-order valence-electron chi connectivity index (χ0n) is 16.2. The summed E-state index contributed by atoms with van der Waals surface area (Å²) in [6.07, 6.45) is 1.38. The first-order valence-corrected chi connectivity index (χ1v) is 9.32. The van der Waals surface area contributed by atoms with E-state index in [4.69, 9.17) is 5.21 Å². The average molecular weight is 371 g/mol. The molecule has 1 aliphatic heterocycles. The summed E-state index contributed by atoms with van der Waals surface area (Å²) in [4.78, 5) is 38.5. The summed E-state index contributed by atoms with van der Waals surface area (Å²) in [5, 5.41) is 21.8. The highest BCUT2D eigenvalue weighted by molar-refractivity contribution is 5.92. The van der Waals surface area contributed by atoms with E-state index in [1.54, 1.807) is 0 Å². The van der Waals surface area contributed by atoms with Gasteiger partial charge in [0.15, 0.2) is 0 Å². The predicted molar refractivity (Wildman–Crippen MR) is 96.2 cm³/mol. The van der Waals surface area contributed by atoms with E-state index in [-0.39, 0.29) is 11.3 Å². The van der Waals surface area contributed by atoms with Crippen LogP contribution in [0.4, 0.5) is 0 Å². The monoisotopic (exact) mass is 371 g/mol. The van der Waals surface area contributed by atoms with E-state index in [2.05, 4.69) is 5.32 Å². The van der Waals surface area contributed by atoms with Crippen LogP contribution in [0.25, 0.3) is 0 Å². The van der Waals surface area contributed by atoms with Crippen molar-refractivity contribution < 1.29 is 24.7 Å². The van der Waals surface area contributed by atoms with Crippen LogP contribution in [0, 0.1) is 11.3 Å². The van der Waals surface area contributed by atoms with Crippen LogP contribution in [0.15, 0.2) is 0 Å². The third kappa shape index (κ3) is 6.25. The smallest absolute Gasteiger partial charge is 0.272 e. The summed E-state index contributed by atoms with van der Waals surface area (Å²) in [6.45, 7) is 8.89. The highest BCUT2D eigenvalue weighted by Crippen LogP contribution is 2.25. The second kappa shape index (κ2) is 9.87. The van der Waals surface area contributed by atoms with E-state index >= 15 is 0 Å². The van der Waals surface area contributed by atoms with Crippen molar-refractivity contribution in [2.24, 2.45) is 11.3 Å². The van der Waals surface area contributed by atoms with Crippen molar-refractivity contribution in [3.05, 3.63) is 0 Å². The van der Waals surface area contributed by atoms with Gasteiger partial charge in [0.2, 0.25) is 11.8 Å². The number of carbonyl (C=O) groups is 3. The third-order valence-corrected chi connectivity index (χ3v) is 4.58. The maximum Gasteiger partial charge on any atom is 0.272 e. The normalized spacial score (nSPS) is 19.8. The minimum atomic E-state index is -1.64. The highest BCUT2D eigenvalue weighted by atomic mass is 16.5. The molecule has 8 nitrogen and oxygen atoms in total. The summed E-state index contributed by atoms with van der Waals surface area (Å²) >= 11 is 0. The number of rotatable bonds is 8. The molecule has 0 saturated carbocycles. The Hall–Kier alpha value is -1.67. The van der Waals surface area contributed by atoms with E-state index in [0.717, 1.165) is 6.42 Å². The van der Waals surface area contributed by atoms with E-state index < -0.39 is 29.9 Å². The van der Waals surface area contributed by atoms with Crippen molar-refractivity contribution in [2.75, 3.05) is 13.1 Å². The molecular formula is C18H33N3O5. The van der Waals surface area contributed by atoms with Crippen molar-refractivity contribution in [3.63, 3.8) is 0 Å². The average Bonchev–Trinajstić information content (AvgIpc) is 3.07. The van der Waals surface area contributed by atoms with Gasteiger partial charge in [-0.1, -0.05) is 40.5 Å². The van der Waals surface area contributed by atoms with Gasteiger partial charge in [-0.3, -0.25) is 19.6 Å². The summed E-state index contributed by atoms with van der Waals surface area (Å²) in [6, 6.07) is -0.585. The largest absolute Gasteiger partial charge is 0.382 e. The fourth-order valence-corrected chi connectivity index (χ4v) is 3.08. The number of carbonyl (C=O) groups excluding carboxylic acids is 3. The van der Waals surface area contributed by atoms with Crippen molar-refractivity contribution in [2.45, 2.75) is 71.9 Å². The lowest BCUT2D eigenvalue weighted by atomic mass is 9.93. The third-order valence-electron chi connectivity index (χ3n) is 4.58. The molecule has 3 amide bonds. The molecule has 0 aromatic heterocycles. The Morgan fingerprint density at radius 3 is 2.46 bits per heavy atom. The topological polar surface area (TPSA) is 119 Å². The van der Waals surface area contributed by atoms with Gasteiger partial charge in [-0.2, -0.15) is 0 Å². The van der Waals surface area contributed by atoms with Gasteiger partial charge in [-0.05, 0) is 24.7 Å². The molecule has 4 N–H and O–H groups in total. The number of nitrogens with one attached hydrogen (secondary N) is 2. The first-order chi connectivity index (χ1) is 12.1. The SMILES string of the molecule is CCCCC(C(=O)N1CCCC1C(=O)NCC(C)(C)C)C(O)C(=O)NO. The highest BCUT2D eigenvalue weighted by Gasteiger charge is 2.41. The number of hydroxylamine groups is 1. The number of hydrogen-bond donors (Lipinski definition) is 4. The summed E-state index contributed by atoms with van der Waals surface area (Å²) in [5.41, 5.74) is 1.33. The van der Waals surface area contributed by atoms with Crippen LogP contribution < -0.4 is 10.8 Å². The van der Waals surface area contributed by atoms with Crippen LogP contribution in [-0.4, -0.2) is 58.2 Å². The quantitative estimate of drug-likeness (QED) is 0.372. The minimum Gasteiger partial charge on any atom is -0.382 e. The molecule has 1 saturated heterocycles. The molecule has 1 aliphatic rings. The molecule has 3 atom stereocenters. The first-order valence-electron chi connectivity index (χ1n) is 9.32. The number of aliphatic hydroxyl groups excluding tert-OH is 1. The van der Waals surface area contributed by atoms with Crippen molar-refractivity contribution in [1.29, 1.82) is 0 Å². The summed E-state index contributed by atoms with van der Waals surface area (Å²) in [5.74, 6) is -2.60. The van der Waals surface area contributed by atoms with Gasteiger partial charge in [-0.15, -0.1) is 0 Å². The van der Waals surface area contributed by atoms with Gasteiger partial charge in [-0.25, -0.2) is 5.48 Å². The number of nitrogens with zero attached hydrogens (tertiary/aromatic N) is 1. The molecule has 1 heterocycles. The van der Waals surface area contributed by atoms with Crippen LogP contribution in [0.5, 0.6) is 0 Å². The van der Waals surface area contributed by atoms with Crippen LogP contribution in [0.3, 0.4) is 0 Å². The number of unbranched alkanes of at least 4 members (excludes halogenated alkanes) is 1. The molecule has 0 bridgehead atoms. The molecule has 150 valence electrons. The lowest BCUT2D eigenvalue weighted by molar-refractivity contribution is -0.152. The Kier molecular flexibility index (Phi) is 8.49. The fraction of sp³-hybridized carbons (Fsp3) is 0.833. The van der Waals surface area contributed by atoms with Gasteiger partial charge in [0.25, 0.3) is 5.91 Å². The van der Waals surface area contributed by atoms with E-state index in [0.29, 0.717) is 38.8 Å². The molecule has 0 aromatic rings. The van der Waals surface area contributed by atoms with Gasteiger partial charge in [0.05, 0.1) is 5.92 Å². The number of hydrogen-bond acceptors (Lipinski definition) is 5. The standard InChI is InChI=1S/C18H33N3O5/c1-5-6-8-12(14(22)16(24)20-26)17(25)21-10-7-9-13(21)15(23)19-11-18(2,3)4/h12-14,22,26H,5-11H2,1-4H3,(H,19,23)(H,20,24). The zero-order valence-corrected chi connectivity index (χ0v) is 16.2. The zero-order chi connectivity index (χ0) is 19.9. The Balaban J connectivity index is 2.87. The van der Waals surface area contributed by atoms with Gasteiger partial charge >= 0.3 is 0 Å². The molecule has 8 heteroatoms. The van der Waals surface area contributed by atoms with Crippen molar-refractivity contribution in [3.8, 4) is 0 Å². The maximum atomic E-state index is 13.0. The van der Waals surface area contributed by atoms with E-state index in [9.17, 15) is 19.5 Å². The maximum absolute atomic E-state index is 13.0. The molecule has 26 heavy (non-hydrogen) atoms. The summed E-state index contributed by atoms with van der Waals surface area (Å²) in [7, 11) is 0. The van der Waals surface area contributed by atoms with Gasteiger partial charge < -0.3 is 15.3 Å². The Labute approximate surface area is 155 Å². The second-order valence-corrected chi connectivity index (χ2v) is 8.14. The fourth-order valence-electron chi connectivity index (χ4n) is 3.08. The van der Waals surface area contributed by atoms with Crippen LogP contribution >= 0.6 is 0 Å². The minimum absolute atomic E-state index is 0.0673. The van der Waals surface area contributed by atoms with Crippen molar-refractivity contribution >= 4 is 17.7 Å². The molecule has 3 unspecified atom stereocenters. The first kappa shape index (κ1) is 22.4. The number of likely N-dealkylation sites (tertiary alicyclic amines) is 1. The molecule has 0 radical (unpaired) electrons. The Morgan fingerprint density at radius 1 is 1.27 bits per heavy atom. The van der Waals surface area contributed by atoms with Gasteiger partial charge in [0, 0.05) is 13.1 Å². The predicted octanol–water partition coefficient (Wildman–Crippen LogP) is 0.812. The molecular weight excluding hydrogens is 338 g/mol. The van der Waals surface area contributed by atoms with E-state index in [1.807, 2.05) is 27.7 Å². The van der Waals surface area contributed by atoms with E-state index in [1.165, 1.54) is 10.4 Å². The molecule has 0 aliphatic carbocycles.